The fourth-order valence-electron chi connectivity index (χ4n) is 2.17. The number of ether oxygens (including phenoxy) is 1. The fraction of sp³-hybridized carbons (Fsp3) is 0.0500. The van der Waals surface area contributed by atoms with Crippen LogP contribution in [0.1, 0.15) is 21.6 Å². The van der Waals surface area contributed by atoms with Crippen LogP contribution >= 0.6 is 11.6 Å². The largest absolute Gasteiger partial charge is 0.489 e. The van der Waals surface area contributed by atoms with Gasteiger partial charge in [-0.3, -0.25) is 4.98 Å². The van der Waals surface area contributed by atoms with E-state index in [0.717, 1.165) is 5.56 Å². The van der Waals surface area contributed by atoms with Gasteiger partial charge in [0.15, 0.2) is 5.84 Å². The van der Waals surface area contributed by atoms with Crippen LogP contribution in [0.15, 0.2) is 78.1 Å². The number of aromatic nitrogens is 1. The molecule has 0 atom stereocenters. The van der Waals surface area contributed by atoms with Crippen molar-refractivity contribution in [2.45, 2.75) is 6.61 Å². The van der Waals surface area contributed by atoms with Crippen molar-refractivity contribution < 1.29 is 14.4 Å². The molecule has 3 rings (SSSR count). The number of halogens is 1. The van der Waals surface area contributed by atoms with Gasteiger partial charge < -0.3 is 15.3 Å². The van der Waals surface area contributed by atoms with Gasteiger partial charge in [0.1, 0.15) is 18.1 Å². The first kappa shape index (κ1) is 18.4. The molecule has 0 unspecified atom stereocenters. The molecule has 0 aliphatic heterocycles. The number of oxime groups is 1. The van der Waals surface area contributed by atoms with E-state index in [1.165, 1.54) is 0 Å². The summed E-state index contributed by atoms with van der Waals surface area (Å²) < 4.78 is 5.67. The second-order valence-electron chi connectivity index (χ2n) is 5.47. The van der Waals surface area contributed by atoms with Crippen LogP contribution in [-0.4, -0.2) is 16.8 Å². The predicted molar refractivity (Wildman–Crippen MR) is 103 cm³/mol. The highest BCUT2D eigenvalue weighted by molar-refractivity contribution is 6.31. The predicted octanol–water partition coefficient (Wildman–Crippen LogP) is 3.79. The molecule has 0 bridgehead atoms. The Morgan fingerprint density at radius 2 is 1.78 bits per heavy atom. The van der Waals surface area contributed by atoms with E-state index in [9.17, 15) is 4.79 Å². The molecule has 2 N–H and O–H groups in total. The normalized spacial score (nSPS) is 11.1. The number of nitrogens with zero attached hydrogens (tertiary/aromatic N) is 2. The molecule has 0 amide bonds. The van der Waals surface area contributed by atoms with Crippen LogP contribution < -0.4 is 10.5 Å². The van der Waals surface area contributed by atoms with Gasteiger partial charge in [-0.05, 0) is 42.5 Å². The van der Waals surface area contributed by atoms with Crippen molar-refractivity contribution in [3.8, 4) is 5.75 Å². The number of hydrogen-bond donors (Lipinski definition) is 1. The molecule has 136 valence electrons. The lowest BCUT2D eigenvalue weighted by Crippen LogP contribution is -2.16. The van der Waals surface area contributed by atoms with Crippen LogP contribution in [0.25, 0.3) is 0 Å². The van der Waals surface area contributed by atoms with Crippen molar-refractivity contribution in [1.82, 2.24) is 4.98 Å². The molecule has 0 aliphatic carbocycles. The summed E-state index contributed by atoms with van der Waals surface area (Å²) >= 11 is 6.09. The van der Waals surface area contributed by atoms with Crippen LogP contribution in [0.3, 0.4) is 0 Å². The van der Waals surface area contributed by atoms with E-state index in [0.29, 0.717) is 28.6 Å². The molecule has 0 radical (unpaired) electrons. The second-order valence-corrected chi connectivity index (χ2v) is 5.88. The zero-order valence-electron chi connectivity index (χ0n) is 14.2. The lowest BCUT2D eigenvalue weighted by Gasteiger charge is -2.08. The third-order valence-corrected chi connectivity index (χ3v) is 3.97. The molecular weight excluding hydrogens is 366 g/mol. The van der Waals surface area contributed by atoms with E-state index in [1.54, 1.807) is 54.7 Å². The van der Waals surface area contributed by atoms with Crippen LogP contribution in [0.4, 0.5) is 0 Å². The molecule has 1 heterocycles. The molecule has 0 aliphatic rings. The Morgan fingerprint density at radius 3 is 2.48 bits per heavy atom. The number of nitrogens with two attached hydrogens (primary N) is 1. The van der Waals surface area contributed by atoms with Crippen LogP contribution in [-0.2, 0) is 11.4 Å². The van der Waals surface area contributed by atoms with Crippen molar-refractivity contribution in [2.75, 3.05) is 0 Å². The van der Waals surface area contributed by atoms with Crippen molar-refractivity contribution in [1.29, 1.82) is 0 Å². The Bertz CT molecular complexity index is 944. The van der Waals surface area contributed by atoms with E-state index in [4.69, 9.17) is 26.9 Å². The van der Waals surface area contributed by atoms with E-state index < -0.39 is 5.97 Å². The number of benzene rings is 2. The summed E-state index contributed by atoms with van der Waals surface area (Å²) in [5.74, 6) is -0.0156. The number of hydrogen-bond acceptors (Lipinski definition) is 5. The molecule has 27 heavy (non-hydrogen) atoms. The minimum absolute atomic E-state index is 0.0173. The van der Waals surface area contributed by atoms with Crippen LogP contribution in [0, 0.1) is 0 Å². The molecule has 7 heteroatoms. The average Bonchev–Trinajstić information content (AvgIpc) is 2.72. The third kappa shape index (κ3) is 5.05. The highest BCUT2D eigenvalue weighted by atomic mass is 35.5. The number of amidine groups is 1. The first-order chi connectivity index (χ1) is 13.1. The molecule has 2 aromatic carbocycles. The fourth-order valence-corrected chi connectivity index (χ4v) is 2.36. The van der Waals surface area contributed by atoms with Crippen LogP contribution in [0.2, 0.25) is 5.02 Å². The zero-order chi connectivity index (χ0) is 19.1. The number of rotatable bonds is 6. The number of pyridine rings is 1. The van der Waals surface area contributed by atoms with Gasteiger partial charge in [-0.15, -0.1) is 0 Å². The minimum Gasteiger partial charge on any atom is -0.489 e. The highest BCUT2D eigenvalue weighted by Gasteiger charge is 2.09. The Hall–Kier alpha value is -3.38. The van der Waals surface area contributed by atoms with Gasteiger partial charge in [0.25, 0.3) is 0 Å². The standard InChI is InChI=1S/C20H16ClN3O3/c21-17-6-2-1-5-15(17)13-26-16-10-8-14(9-11-16)20(25)27-24-19(22)18-7-3-4-12-23-18/h1-12H,13H2,(H2,22,24). The first-order valence-corrected chi connectivity index (χ1v) is 8.44. The van der Waals surface area contributed by atoms with Gasteiger partial charge in [-0.1, -0.05) is 41.0 Å². The molecule has 3 aromatic rings. The van der Waals surface area contributed by atoms with Crippen molar-refractivity contribution in [2.24, 2.45) is 10.9 Å². The third-order valence-electron chi connectivity index (χ3n) is 3.60. The van der Waals surface area contributed by atoms with E-state index in [1.807, 2.05) is 18.2 Å². The van der Waals surface area contributed by atoms with Crippen LogP contribution in [0.5, 0.6) is 5.75 Å². The quantitative estimate of drug-likeness (QED) is 0.304. The summed E-state index contributed by atoms with van der Waals surface area (Å²) in [6.07, 6.45) is 1.57. The first-order valence-electron chi connectivity index (χ1n) is 8.06. The number of carbonyl (C=O) groups excluding carboxylic acids is 1. The average molecular weight is 382 g/mol. The summed E-state index contributed by atoms with van der Waals surface area (Å²) in [4.78, 5) is 20.9. The highest BCUT2D eigenvalue weighted by Crippen LogP contribution is 2.19. The maximum Gasteiger partial charge on any atom is 0.365 e. The molecular formula is C20H16ClN3O3. The molecule has 0 spiro atoms. The molecule has 0 fully saturated rings. The molecule has 0 saturated carbocycles. The number of carbonyl (C=O) groups is 1. The Labute approximate surface area is 161 Å². The van der Waals surface area contributed by atoms with E-state index in [2.05, 4.69) is 10.1 Å². The topological polar surface area (TPSA) is 86.8 Å². The second kappa shape index (κ2) is 8.82. The molecule has 0 saturated heterocycles. The monoisotopic (exact) mass is 381 g/mol. The summed E-state index contributed by atoms with van der Waals surface area (Å²) in [7, 11) is 0. The van der Waals surface area contributed by atoms with Crippen molar-refractivity contribution in [3.63, 3.8) is 0 Å². The van der Waals surface area contributed by atoms with E-state index >= 15 is 0 Å². The van der Waals surface area contributed by atoms with E-state index in [-0.39, 0.29) is 5.84 Å². The Kier molecular flexibility index (Phi) is 6.02. The Morgan fingerprint density at radius 1 is 1.04 bits per heavy atom. The van der Waals surface area contributed by atoms with Crippen molar-refractivity contribution >= 4 is 23.4 Å². The smallest absolute Gasteiger partial charge is 0.365 e. The summed E-state index contributed by atoms with van der Waals surface area (Å²) in [6, 6.07) is 19.1. The SMILES string of the molecule is N/C(=N/OC(=O)c1ccc(OCc2ccccc2Cl)cc1)c1ccccn1. The zero-order valence-corrected chi connectivity index (χ0v) is 15.0. The van der Waals surface area contributed by atoms with Gasteiger partial charge >= 0.3 is 5.97 Å². The lowest BCUT2D eigenvalue weighted by atomic mass is 10.2. The minimum atomic E-state index is -0.633. The molecule has 1 aromatic heterocycles. The summed E-state index contributed by atoms with van der Waals surface area (Å²) in [5.41, 5.74) is 7.35. The summed E-state index contributed by atoms with van der Waals surface area (Å²) in [6.45, 7) is 0.328. The van der Waals surface area contributed by atoms with Gasteiger partial charge in [-0.2, -0.15) is 0 Å². The van der Waals surface area contributed by atoms with Crippen molar-refractivity contribution in [3.05, 3.63) is 94.8 Å². The van der Waals surface area contributed by atoms with Gasteiger partial charge in [0.2, 0.25) is 0 Å². The summed E-state index contributed by atoms with van der Waals surface area (Å²) in [5, 5.41) is 4.26. The van der Waals surface area contributed by atoms with Gasteiger partial charge in [0.05, 0.1) is 5.56 Å². The van der Waals surface area contributed by atoms with Gasteiger partial charge in [-0.25, -0.2) is 4.79 Å². The lowest BCUT2D eigenvalue weighted by molar-refractivity contribution is 0.0516. The maximum atomic E-state index is 12.1. The maximum absolute atomic E-state index is 12.1. The Balaban J connectivity index is 1.58. The van der Waals surface area contributed by atoms with Gasteiger partial charge in [0, 0.05) is 16.8 Å². The molecule has 6 nitrogen and oxygen atoms in total.